The second kappa shape index (κ2) is 4.86. The summed E-state index contributed by atoms with van der Waals surface area (Å²) in [6.07, 6.45) is 1.06. The number of nitrogens with zero attached hydrogens (tertiary/aromatic N) is 1. The molecular weight excluding hydrogens is 229 g/mol. The molecule has 0 aliphatic rings. The van der Waals surface area contributed by atoms with Crippen molar-refractivity contribution in [3.8, 4) is 0 Å². The average Bonchev–Trinajstić information content (AvgIpc) is 2.30. The molecule has 0 aliphatic heterocycles. The van der Waals surface area contributed by atoms with Crippen LogP contribution in [0.1, 0.15) is 5.56 Å². The Hall–Kier alpha value is -2.04. The largest absolute Gasteiger partial charge is 0.366 e. The molecule has 0 saturated heterocycles. The van der Waals surface area contributed by atoms with Crippen molar-refractivity contribution in [2.45, 2.75) is 6.54 Å². The van der Waals surface area contributed by atoms with Gasteiger partial charge in [0.2, 0.25) is 0 Å². The first-order valence-electron chi connectivity index (χ1n) is 4.94. The molecule has 2 nitrogen and oxygen atoms in total. The summed E-state index contributed by atoms with van der Waals surface area (Å²) < 4.78 is 38.5. The highest BCUT2D eigenvalue weighted by molar-refractivity contribution is 5.35. The number of pyridine rings is 1. The fourth-order valence-corrected chi connectivity index (χ4v) is 1.33. The van der Waals surface area contributed by atoms with Crippen molar-refractivity contribution in [2.24, 2.45) is 0 Å². The van der Waals surface area contributed by atoms with E-state index in [1.807, 2.05) is 0 Å². The third-order valence-corrected chi connectivity index (χ3v) is 2.20. The van der Waals surface area contributed by atoms with Crippen molar-refractivity contribution in [1.29, 1.82) is 0 Å². The van der Waals surface area contributed by atoms with Crippen LogP contribution >= 0.6 is 0 Å². The molecule has 88 valence electrons. The van der Waals surface area contributed by atoms with Crippen molar-refractivity contribution in [1.82, 2.24) is 4.98 Å². The van der Waals surface area contributed by atoms with E-state index < -0.39 is 17.5 Å². The Morgan fingerprint density at radius 2 is 1.76 bits per heavy atom. The summed E-state index contributed by atoms with van der Waals surface area (Å²) in [5, 5.41) is 2.81. The highest BCUT2D eigenvalue weighted by Crippen LogP contribution is 2.11. The summed E-state index contributed by atoms with van der Waals surface area (Å²) in [4.78, 5) is 3.76. The predicted octanol–water partition coefficient (Wildman–Crippen LogP) is 3.11. The first kappa shape index (κ1) is 11.4. The van der Waals surface area contributed by atoms with Gasteiger partial charge in [0.1, 0.15) is 23.3 Å². The lowest BCUT2D eigenvalue weighted by Crippen LogP contribution is -2.03. The summed E-state index contributed by atoms with van der Waals surface area (Å²) in [5.41, 5.74) is 0.317. The van der Waals surface area contributed by atoms with Crippen LogP contribution in [0, 0.1) is 17.5 Å². The molecule has 2 aromatic rings. The molecule has 0 amide bonds. The van der Waals surface area contributed by atoms with Crippen molar-refractivity contribution in [3.63, 3.8) is 0 Å². The fourth-order valence-electron chi connectivity index (χ4n) is 1.33. The SMILES string of the molecule is Fc1ccc(NCc2ccc(F)cc2F)nc1. The zero-order valence-electron chi connectivity index (χ0n) is 8.75. The first-order chi connectivity index (χ1) is 8.15. The van der Waals surface area contributed by atoms with Gasteiger partial charge in [-0.05, 0) is 18.2 Å². The minimum Gasteiger partial charge on any atom is -0.366 e. The monoisotopic (exact) mass is 238 g/mol. The van der Waals surface area contributed by atoms with E-state index in [-0.39, 0.29) is 6.54 Å². The third kappa shape index (κ3) is 2.96. The smallest absolute Gasteiger partial charge is 0.141 e. The van der Waals surface area contributed by atoms with Crippen LogP contribution in [-0.4, -0.2) is 4.98 Å². The number of aromatic nitrogens is 1. The molecule has 1 N–H and O–H groups in total. The van der Waals surface area contributed by atoms with Crippen molar-refractivity contribution >= 4 is 5.82 Å². The van der Waals surface area contributed by atoms with Gasteiger partial charge in [0.25, 0.3) is 0 Å². The highest BCUT2D eigenvalue weighted by Gasteiger charge is 2.03. The van der Waals surface area contributed by atoms with Gasteiger partial charge in [-0.15, -0.1) is 0 Å². The maximum absolute atomic E-state index is 13.3. The molecule has 0 radical (unpaired) electrons. The van der Waals surface area contributed by atoms with Crippen LogP contribution in [0.4, 0.5) is 19.0 Å². The van der Waals surface area contributed by atoms with E-state index in [1.54, 1.807) is 0 Å². The zero-order valence-corrected chi connectivity index (χ0v) is 8.75. The fraction of sp³-hybridized carbons (Fsp3) is 0.0833. The molecular formula is C12H9F3N2. The molecule has 0 fully saturated rings. The number of nitrogens with one attached hydrogen (secondary N) is 1. The minimum absolute atomic E-state index is 0.157. The Kier molecular flexibility index (Phi) is 3.27. The van der Waals surface area contributed by atoms with E-state index in [4.69, 9.17) is 0 Å². The van der Waals surface area contributed by atoms with Crippen LogP contribution in [-0.2, 0) is 6.54 Å². The number of hydrogen-bond acceptors (Lipinski definition) is 2. The van der Waals surface area contributed by atoms with E-state index in [0.29, 0.717) is 11.4 Å². The van der Waals surface area contributed by atoms with E-state index in [0.717, 1.165) is 12.3 Å². The van der Waals surface area contributed by atoms with Crippen LogP contribution in [0.5, 0.6) is 0 Å². The average molecular weight is 238 g/mol. The number of anilines is 1. The Morgan fingerprint density at radius 3 is 2.41 bits per heavy atom. The van der Waals surface area contributed by atoms with E-state index in [1.165, 1.54) is 24.3 Å². The van der Waals surface area contributed by atoms with Gasteiger partial charge < -0.3 is 5.32 Å². The standard InChI is InChI=1S/C12H9F3N2/c13-9-2-1-8(11(15)5-9)6-16-12-4-3-10(14)7-17-12/h1-5,7H,6H2,(H,16,17). The van der Waals surface area contributed by atoms with Crippen molar-refractivity contribution in [3.05, 3.63) is 59.5 Å². The summed E-state index contributed by atoms with van der Waals surface area (Å²) in [5.74, 6) is -1.26. The van der Waals surface area contributed by atoms with Crippen LogP contribution in [0.15, 0.2) is 36.5 Å². The van der Waals surface area contributed by atoms with Crippen molar-refractivity contribution < 1.29 is 13.2 Å². The lowest BCUT2D eigenvalue weighted by atomic mass is 10.2. The second-order valence-electron chi connectivity index (χ2n) is 3.45. The van der Waals surface area contributed by atoms with Gasteiger partial charge in [0.15, 0.2) is 0 Å². The normalized spacial score (nSPS) is 10.3. The van der Waals surface area contributed by atoms with Crippen LogP contribution in [0.3, 0.4) is 0 Å². The summed E-state index contributed by atoms with van der Waals surface area (Å²) in [6, 6.07) is 6.03. The van der Waals surface area contributed by atoms with Crippen LogP contribution in [0.25, 0.3) is 0 Å². The number of benzene rings is 1. The molecule has 1 aromatic heterocycles. The van der Waals surface area contributed by atoms with Gasteiger partial charge in [-0.1, -0.05) is 6.07 Å². The quantitative estimate of drug-likeness (QED) is 0.888. The minimum atomic E-state index is -0.625. The van der Waals surface area contributed by atoms with E-state index >= 15 is 0 Å². The molecule has 0 bridgehead atoms. The van der Waals surface area contributed by atoms with E-state index in [2.05, 4.69) is 10.3 Å². The molecule has 2 rings (SSSR count). The molecule has 17 heavy (non-hydrogen) atoms. The van der Waals surface area contributed by atoms with E-state index in [9.17, 15) is 13.2 Å². The zero-order chi connectivity index (χ0) is 12.3. The number of halogens is 3. The second-order valence-corrected chi connectivity index (χ2v) is 3.45. The van der Waals surface area contributed by atoms with Gasteiger partial charge >= 0.3 is 0 Å². The van der Waals surface area contributed by atoms with Crippen molar-refractivity contribution in [2.75, 3.05) is 5.32 Å². The Balaban J connectivity index is 2.04. The molecule has 0 atom stereocenters. The third-order valence-electron chi connectivity index (χ3n) is 2.20. The van der Waals surface area contributed by atoms with Gasteiger partial charge in [0, 0.05) is 18.2 Å². The summed E-state index contributed by atoms with van der Waals surface area (Å²) >= 11 is 0. The first-order valence-corrected chi connectivity index (χ1v) is 4.94. The maximum Gasteiger partial charge on any atom is 0.141 e. The van der Waals surface area contributed by atoms with Gasteiger partial charge in [0.05, 0.1) is 6.20 Å². The Morgan fingerprint density at radius 1 is 1.00 bits per heavy atom. The van der Waals surface area contributed by atoms with Crippen LogP contribution in [0.2, 0.25) is 0 Å². The topological polar surface area (TPSA) is 24.9 Å². The van der Waals surface area contributed by atoms with Gasteiger partial charge in [-0.2, -0.15) is 0 Å². The summed E-state index contributed by atoms with van der Waals surface area (Å²) in [6.45, 7) is 0.157. The number of hydrogen-bond donors (Lipinski definition) is 1. The lowest BCUT2D eigenvalue weighted by Gasteiger charge is -2.06. The lowest BCUT2D eigenvalue weighted by molar-refractivity contribution is 0.574. The molecule has 0 aliphatic carbocycles. The molecule has 0 spiro atoms. The highest BCUT2D eigenvalue weighted by atomic mass is 19.1. The molecule has 1 aromatic carbocycles. The van der Waals surface area contributed by atoms with Gasteiger partial charge in [-0.25, -0.2) is 18.2 Å². The van der Waals surface area contributed by atoms with Gasteiger partial charge in [-0.3, -0.25) is 0 Å². The Labute approximate surface area is 96.1 Å². The maximum atomic E-state index is 13.3. The Bertz CT molecular complexity index is 512. The molecule has 1 heterocycles. The predicted molar refractivity (Wildman–Crippen MR) is 57.9 cm³/mol. The molecule has 0 saturated carbocycles. The number of rotatable bonds is 3. The molecule has 0 unspecified atom stereocenters. The summed E-state index contributed by atoms with van der Waals surface area (Å²) in [7, 11) is 0. The molecule has 5 heteroatoms. The van der Waals surface area contributed by atoms with Crippen LogP contribution < -0.4 is 5.32 Å².